The molecule has 0 bridgehead atoms. The number of rotatable bonds is 6. The zero-order chi connectivity index (χ0) is 23.2. The Morgan fingerprint density at radius 1 is 1.00 bits per heavy atom. The number of phenols is 2. The third-order valence-corrected chi connectivity index (χ3v) is 7.02. The average molecular weight is 449 g/mol. The molecule has 7 heteroatoms. The van der Waals surface area contributed by atoms with Gasteiger partial charge in [0.25, 0.3) is 5.91 Å². The number of nitrogens with zero attached hydrogens (tertiary/aromatic N) is 3. The van der Waals surface area contributed by atoms with Crippen molar-refractivity contribution < 1.29 is 15.0 Å². The number of benzene rings is 2. The molecule has 2 aliphatic rings. The maximum atomic E-state index is 12.5. The van der Waals surface area contributed by atoms with E-state index < -0.39 is 0 Å². The minimum Gasteiger partial charge on any atom is -0.504 e. The number of carbonyl (C=O) groups excluding carboxylic acids is 1. The monoisotopic (exact) mass is 448 g/mol. The van der Waals surface area contributed by atoms with Crippen LogP contribution in [-0.4, -0.2) is 59.8 Å². The summed E-state index contributed by atoms with van der Waals surface area (Å²) >= 11 is 0. The van der Waals surface area contributed by atoms with Gasteiger partial charge in [-0.2, -0.15) is 5.26 Å². The van der Waals surface area contributed by atoms with E-state index in [4.69, 9.17) is 5.26 Å². The molecule has 0 spiro atoms. The number of piperazine rings is 1. The lowest BCUT2D eigenvalue weighted by Gasteiger charge is -2.37. The fourth-order valence-corrected chi connectivity index (χ4v) is 4.91. The standard InChI is InChI=1S/C26H32N4O3/c27-18-20-4-8-21(9-5-20)26(33)28-22-10-6-19(7-11-22)12-13-29-14-16-30(17-15-29)23-2-1-3-24(31)25(23)32/h1-5,8-9,19,22,31-32H,6-7,10-17H2,(H,28,33)/t19-,22-. The lowest BCUT2D eigenvalue weighted by atomic mass is 9.84. The van der Waals surface area contributed by atoms with Gasteiger partial charge in [-0.25, -0.2) is 0 Å². The molecule has 1 aliphatic heterocycles. The first-order valence-corrected chi connectivity index (χ1v) is 11.8. The van der Waals surface area contributed by atoms with Crippen molar-refractivity contribution in [2.75, 3.05) is 37.6 Å². The van der Waals surface area contributed by atoms with Crippen molar-refractivity contribution >= 4 is 11.6 Å². The third kappa shape index (κ3) is 5.77. The molecule has 1 amide bonds. The van der Waals surface area contributed by atoms with Gasteiger partial charge in [0.2, 0.25) is 0 Å². The fraction of sp³-hybridized carbons (Fsp3) is 0.462. The molecule has 0 unspecified atom stereocenters. The van der Waals surface area contributed by atoms with E-state index in [2.05, 4.69) is 21.2 Å². The van der Waals surface area contributed by atoms with Gasteiger partial charge in [0.15, 0.2) is 11.5 Å². The van der Waals surface area contributed by atoms with Crippen LogP contribution < -0.4 is 10.2 Å². The molecule has 1 saturated carbocycles. The summed E-state index contributed by atoms with van der Waals surface area (Å²) in [6, 6.07) is 14.2. The van der Waals surface area contributed by atoms with E-state index in [-0.39, 0.29) is 23.4 Å². The average Bonchev–Trinajstić information content (AvgIpc) is 2.86. The zero-order valence-corrected chi connectivity index (χ0v) is 18.9. The van der Waals surface area contributed by atoms with Crippen LogP contribution in [-0.2, 0) is 0 Å². The number of para-hydroxylation sites is 1. The van der Waals surface area contributed by atoms with E-state index in [0.717, 1.165) is 58.4 Å². The summed E-state index contributed by atoms with van der Waals surface area (Å²) in [6.07, 6.45) is 5.47. The molecule has 33 heavy (non-hydrogen) atoms. The van der Waals surface area contributed by atoms with Crippen molar-refractivity contribution in [1.82, 2.24) is 10.2 Å². The van der Waals surface area contributed by atoms with E-state index in [9.17, 15) is 15.0 Å². The highest BCUT2D eigenvalue weighted by Gasteiger charge is 2.25. The molecule has 0 radical (unpaired) electrons. The Kier molecular flexibility index (Phi) is 7.36. The van der Waals surface area contributed by atoms with Crippen LogP contribution in [0.4, 0.5) is 5.69 Å². The van der Waals surface area contributed by atoms with Crippen LogP contribution in [0, 0.1) is 17.2 Å². The normalized spacial score (nSPS) is 21.4. The second kappa shape index (κ2) is 10.6. The molecule has 3 N–H and O–H groups in total. The number of phenolic OH excluding ortho intramolecular Hbond substituents is 2. The van der Waals surface area contributed by atoms with Crippen molar-refractivity contribution in [3.63, 3.8) is 0 Å². The van der Waals surface area contributed by atoms with Crippen LogP contribution in [0.5, 0.6) is 11.5 Å². The molecule has 4 rings (SSSR count). The molecule has 2 fully saturated rings. The summed E-state index contributed by atoms with van der Waals surface area (Å²) < 4.78 is 0. The number of nitriles is 1. The maximum Gasteiger partial charge on any atom is 0.251 e. The van der Waals surface area contributed by atoms with Crippen LogP contribution in [0.15, 0.2) is 42.5 Å². The number of anilines is 1. The molecule has 174 valence electrons. The smallest absolute Gasteiger partial charge is 0.251 e. The summed E-state index contributed by atoms with van der Waals surface area (Å²) in [5, 5.41) is 31.9. The number of aromatic hydroxyl groups is 2. The first-order valence-electron chi connectivity index (χ1n) is 11.8. The van der Waals surface area contributed by atoms with E-state index in [1.807, 2.05) is 6.07 Å². The highest BCUT2D eigenvalue weighted by atomic mass is 16.3. The number of nitrogens with one attached hydrogen (secondary N) is 1. The van der Waals surface area contributed by atoms with Crippen molar-refractivity contribution in [3.8, 4) is 17.6 Å². The van der Waals surface area contributed by atoms with Crippen LogP contribution in [0.25, 0.3) is 0 Å². The Morgan fingerprint density at radius 2 is 1.70 bits per heavy atom. The van der Waals surface area contributed by atoms with Crippen molar-refractivity contribution in [2.45, 2.75) is 38.1 Å². The number of carbonyl (C=O) groups is 1. The van der Waals surface area contributed by atoms with Gasteiger partial charge in [0.1, 0.15) is 0 Å². The molecular formula is C26H32N4O3. The summed E-state index contributed by atoms with van der Waals surface area (Å²) in [5.74, 6) is 0.535. The van der Waals surface area contributed by atoms with Gasteiger partial charge in [-0.1, -0.05) is 6.07 Å². The van der Waals surface area contributed by atoms with Crippen LogP contribution in [0.1, 0.15) is 48.0 Å². The van der Waals surface area contributed by atoms with Crippen LogP contribution in [0.2, 0.25) is 0 Å². The molecule has 1 saturated heterocycles. The molecule has 1 aliphatic carbocycles. The van der Waals surface area contributed by atoms with Gasteiger partial charge < -0.3 is 20.4 Å². The summed E-state index contributed by atoms with van der Waals surface area (Å²) in [5.41, 5.74) is 1.87. The molecular weight excluding hydrogens is 416 g/mol. The second-order valence-corrected chi connectivity index (χ2v) is 9.14. The fourth-order valence-electron chi connectivity index (χ4n) is 4.91. The summed E-state index contributed by atoms with van der Waals surface area (Å²) in [7, 11) is 0. The van der Waals surface area contributed by atoms with Crippen LogP contribution >= 0.6 is 0 Å². The van der Waals surface area contributed by atoms with Gasteiger partial charge in [-0.3, -0.25) is 9.69 Å². The van der Waals surface area contributed by atoms with Gasteiger partial charge in [-0.05, 0) is 81.0 Å². The Morgan fingerprint density at radius 3 is 2.36 bits per heavy atom. The van der Waals surface area contributed by atoms with E-state index in [1.165, 1.54) is 12.5 Å². The topological polar surface area (TPSA) is 99.8 Å². The van der Waals surface area contributed by atoms with Gasteiger partial charge >= 0.3 is 0 Å². The SMILES string of the molecule is N#Cc1ccc(C(=O)N[C@H]2CC[C@H](CCN3CCN(c4cccc(O)c4O)CC3)CC2)cc1. The number of hydrogen-bond donors (Lipinski definition) is 3. The van der Waals surface area contributed by atoms with Gasteiger partial charge in [0.05, 0.1) is 17.3 Å². The predicted octanol–water partition coefficient (Wildman–Crippen LogP) is 3.47. The Balaban J connectivity index is 1.15. The number of amides is 1. The summed E-state index contributed by atoms with van der Waals surface area (Å²) in [6.45, 7) is 4.65. The Labute approximate surface area is 195 Å². The van der Waals surface area contributed by atoms with Crippen LogP contribution in [0.3, 0.4) is 0 Å². The number of hydrogen-bond acceptors (Lipinski definition) is 6. The van der Waals surface area contributed by atoms with Crippen molar-refractivity contribution in [3.05, 3.63) is 53.6 Å². The molecule has 0 aromatic heterocycles. The van der Waals surface area contributed by atoms with E-state index >= 15 is 0 Å². The minimum atomic E-state index is -0.0707. The highest BCUT2D eigenvalue weighted by molar-refractivity contribution is 5.94. The molecule has 2 aromatic rings. The minimum absolute atomic E-state index is 0.0333. The first kappa shape index (κ1) is 22.9. The Hall–Kier alpha value is -3.24. The van der Waals surface area contributed by atoms with Gasteiger partial charge in [-0.15, -0.1) is 0 Å². The summed E-state index contributed by atoms with van der Waals surface area (Å²) in [4.78, 5) is 17.1. The molecule has 1 heterocycles. The maximum absolute atomic E-state index is 12.5. The lowest BCUT2D eigenvalue weighted by molar-refractivity contribution is 0.0919. The zero-order valence-electron chi connectivity index (χ0n) is 18.9. The second-order valence-electron chi connectivity index (χ2n) is 9.14. The quantitative estimate of drug-likeness (QED) is 0.585. The van der Waals surface area contributed by atoms with E-state index in [0.29, 0.717) is 22.7 Å². The lowest BCUT2D eigenvalue weighted by Crippen LogP contribution is -2.47. The van der Waals surface area contributed by atoms with Gasteiger partial charge in [0, 0.05) is 37.8 Å². The van der Waals surface area contributed by atoms with E-state index in [1.54, 1.807) is 30.3 Å². The predicted molar refractivity (Wildman–Crippen MR) is 127 cm³/mol. The largest absolute Gasteiger partial charge is 0.504 e. The highest BCUT2D eigenvalue weighted by Crippen LogP contribution is 2.35. The molecule has 2 aromatic carbocycles. The Bertz CT molecular complexity index is 986. The van der Waals surface area contributed by atoms with Crippen molar-refractivity contribution in [2.24, 2.45) is 5.92 Å². The molecule has 7 nitrogen and oxygen atoms in total. The van der Waals surface area contributed by atoms with Crippen molar-refractivity contribution in [1.29, 1.82) is 5.26 Å². The molecule has 0 atom stereocenters. The first-order chi connectivity index (χ1) is 16.0. The third-order valence-electron chi connectivity index (χ3n) is 7.02.